The van der Waals surface area contributed by atoms with Crippen molar-refractivity contribution in [3.63, 3.8) is 0 Å². The van der Waals surface area contributed by atoms with E-state index in [-0.39, 0.29) is 10.6 Å². The SMILES string of the molecule is CCN(CC)S(=O)(=O)c1ccc(N2CCN(Cc3ccc4c(c3)CCO4)CC2)c([N+](=O)[O-])c1. The first-order chi connectivity index (χ1) is 15.8. The monoisotopic (exact) mass is 474 g/mol. The summed E-state index contributed by atoms with van der Waals surface area (Å²) < 4.78 is 32.5. The van der Waals surface area contributed by atoms with Gasteiger partial charge >= 0.3 is 0 Å². The Kier molecular flexibility index (Phi) is 6.87. The number of fused-ring (bicyclic) bond motifs is 1. The summed E-state index contributed by atoms with van der Waals surface area (Å²) >= 11 is 0. The number of ether oxygens (including phenoxy) is 1. The van der Waals surface area contributed by atoms with E-state index in [0.717, 1.165) is 38.4 Å². The number of sulfonamides is 1. The lowest BCUT2D eigenvalue weighted by molar-refractivity contribution is -0.384. The minimum Gasteiger partial charge on any atom is -0.493 e. The number of nitro groups is 1. The molecule has 2 aromatic rings. The molecule has 0 unspecified atom stereocenters. The average molecular weight is 475 g/mol. The Morgan fingerprint density at radius 1 is 1.06 bits per heavy atom. The summed E-state index contributed by atoms with van der Waals surface area (Å²) in [7, 11) is -3.76. The van der Waals surface area contributed by atoms with Crippen LogP contribution in [0.25, 0.3) is 0 Å². The van der Waals surface area contributed by atoms with Gasteiger partial charge in [-0.25, -0.2) is 8.42 Å². The van der Waals surface area contributed by atoms with E-state index in [2.05, 4.69) is 17.0 Å². The zero-order valence-electron chi connectivity index (χ0n) is 19.1. The molecular weight excluding hydrogens is 444 g/mol. The number of anilines is 1. The van der Waals surface area contributed by atoms with Crippen molar-refractivity contribution < 1.29 is 18.1 Å². The Balaban J connectivity index is 1.47. The molecule has 0 atom stereocenters. The lowest BCUT2D eigenvalue weighted by Gasteiger charge is -2.36. The van der Waals surface area contributed by atoms with Crippen LogP contribution in [0.2, 0.25) is 0 Å². The number of nitrogens with zero attached hydrogens (tertiary/aromatic N) is 4. The third-order valence-corrected chi connectivity index (χ3v) is 8.41. The van der Waals surface area contributed by atoms with Crippen molar-refractivity contribution in [3.8, 4) is 5.75 Å². The summed E-state index contributed by atoms with van der Waals surface area (Å²) in [5.74, 6) is 0.974. The van der Waals surface area contributed by atoms with Crippen molar-refractivity contribution in [3.05, 3.63) is 57.6 Å². The maximum Gasteiger partial charge on any atom is 0.293 e. The normalized spacial score (nSPS) is 16.6. The third-order valence-electron chi connectivity index (χ3n) is 6.36. The van der Waals surface area contributed by atoms with Gasteiger partial charge in [0.2, 0.25) is 10.0 Å². The molecule has 4 rings (SSSR count). The van der Waals surface area contributed by atoms with E-state index < -0.39 is 14.9 Å². The molecule has 2 aromatic carbocycles. The summed E-state index contributed by atoms with van der Waals surface area (Å²) in [6.07, 6.45) is 0.945. The predicted molar refractivity (Wildman–Crippen MR) is 126 cm³/mol. The first-order valence-corrected chi connectivity index (χ1v) is 12.8. The smallest absolute Gasteiger partial charge is 0.293 e. The van der Waals surface area contributed by atoms with Crippen molar-refractivity contribution in [1.29, 1.82) is 0 Å². The van der Waals surface area contributed by atoms with Crippen LogP contribution in [0, 0.1) is 10.1 Å². The fraction of sp³-hybridized carbons (Fsp3) is 0.478. The zero-order valence-corrected chi connectivity index (χ0v) is 19.9. The topological polar surface area (TPSA) is 96.2 Å². The van der Waals surface area contributed by atoms with Crippen LogP contribution in [0.15, 0.2) is 41.3 Å². The van der Waals surface area contributed by atoms with Gasteiger partial charge in [-0.05, 0) is 29.3 Å². The van der Waals surface area contributed by atoms with E-state index in [1.54, 1.807) is 19.9 Å². The molecule has 0 aromatic heterocycles. The fourth-order valence-corrected chi connectivity index (χ4v) is 6.01. The largest absolute Gasteiger partial charge is 0.493 e. The van der Waals surface area contributed by atoms with Gasteiger partial charge in [0, 0.05) is 58.3 Å². The number of nitro benzene ring substituents is 1. The van der Waals surface area contributed by atoms with Crippen molar-refractivity contribution in [1.82, 2.24) is 9.21 Å². The van der Waals surface area contributed by atoms with Crippen LogP contribution in [0.4, 0.5) is 11.4 Å². The van der Waals surface area contributed by atoms with Gasteiger partial charge in [-0.3, -0.25) is 15.0 Å². The highest BCUT2D eigenvalue weighted by Gasteiger charge is 2.29. The highest BCUT2D eigenvalue weighted by atomic mass is 32.2. The van der Waals surface area contributed by atoms with Gasteiger partial charge in [-0.2, -0.15) is 4.31 Å². The van der Waals surface area contributed by atoms with Crippen molar-refractivity contribution in [2.24, 2.45) is 0 Å². The van der Waals surface area contributed by atoms with Gasteiger partial charge in [0.05, 0.1) is 16.4 Å². The number of benzene rings is 2. The predicted octanol–water partition coefficient (Wildman–Crippen LogP) is 2.88. The van der Waals surface area contributed by atoms with Crippen LogP contribution in [-0.4, -0.2) is 68.4 Å². The first-order valence-electron chi connectivity index (χ1n) is 11.3. The molecular formula is C23H30N4O5S. The quantitative estimate of drug-likeness (QED) is 0.429. The lowest BCUT2D eigenvalue weighted by Crippen LogP contribution is -2.46. The van der Waals surface area contributed by atoms with Crippen molar-refractivity contribution in [2.45, 2.75) is 31.7 Å². The molecule has 2 heterocycles. The molecule has 0 aliphatic carbocycles. The van der Waals surface area contributed by atoms with E-state index in [1.165, 1.54) is 27.6 Å². The fourth-order valence-electron chi connectivity index (χ4n) is 4.53. The van der Waals surface area contributed by atoms with Gasteiger partial charge in [0.15, 0.2) is 0 Å². The van der Waals surface area contributed by atoms with Gasteiger partial charge in [0.25, 0.3) is 5.69 Å². The van der Waals surface area contributed by atoms with E-state index in [0.29, 0.717) is 31.9 Å². The van der Waals surface area contributed by atoms with Crippen LogP contribution in [0.5, 0.6) is 5.75 Å². The maximum absolute atomic E-state index is 12.8. The molecule has 0 spiro atoms. The molecule has 33 heavy (non-hydrogen) atoms. The Morgan fingerprint density at radius 3 is 2.45 bits per heavy atom. The van der Waals surface area contributed by atoms with Crippen LogP contribution in [-0.2, 0) is 23.0 Å². The van der Waals surface area contributed by atoms with Crippen LogP contribution < -0.4 is 9.64 Å². The standard InChI is InChI=1S/C23H30N4O5S/c1-3-26(4-2)33(30,31)20-6-7-21(22(16-20)27(28)29)25-12-10-24(11-13-25)17-18-5-8-23-19(15-18)9-14-32-23/h5-8,15-16H,3-4,9-14,17H2,1-2H3. The minimum absolute atomic E-state index is 0.0409. The van der Waals surface area contributed by atoms with Gasteiger partial charge in [-0.15, -0.1) is 0 Å². The van der Waals surface area contributed by atoms with Crippen LogP contribution >= 0.6 is 0 Å². The van der Waals surface area contributed by atoms with Gasteiger partial charge < -0.3 is 9.64 Å². The molecule has 0 amide bonds. The van der Waals surface area contributed by atoms with Gasteiger partial charge in [0.1, 0.15) is 11.4 Å². The van der Waals surface area contributed by atoms with E-state index in [1.807, 2.05) is 11.0 Å². The second-order valence-corrected chi connectivity index (χ2v) is 10.2. The van der Waals surface area contributed by atoms with Crippen molar-refractivity contribution >= 4 is 21.4 Å². The molecule has 0 radical (unpaired) electrons. The molecule has 0 N–H and O–H groups in total. The maximum atomic E-state index is 12.8. The van der Waals surface area contributed by atoms with Crippen molar-refractivity contribution in [2.75, 3.05) is 50.8 Å². The number of hydrogen-bond donors (Lipinski definition) is 0. The summed E-state index contributed by atoms with van der Waals surface area (Å²) in [6, 6.07) is 10.6. The molecule has 0 saturated carbocycles. The van der Waals surface area contributed by atoms with Gasteiger partial charge in [-0.1, -0.05) is 26.0 Å². The molecule has 10 heteroatoms. The number of hydrogen-bond acceptors (Lipinski definition) is 7. The zero-order chi connectivity index (χ0) is 23.6. The van der Waals surface area contributed by atoms with Crippen LogP contribution in [0.3, 0.4) is 0 Å². The summed E-state index contributed by atoms with van der Waals surface area (Å²) in [5, 5.41) is 11.8. The summed E-state index contributed by atoms with van der Waals surface area (Å²) in [4.78, 5) is 15.6. The average Bonchev–Trinajstić information content (AvgIpc) is 3.28. The minimum atomic E-state index is -3.76. The Hall–Kier alpha value is -2.69. The summed E-state index contributed by atoms with van der Waals surface area (Å²) in [6.45, 7) is 8.50. The Bertz CT molecular complexity index is 1130. The second kappa shape index (κ2) is 9.66. The summed E-state index contributed by atoms with van der Waals surface area (Å²) in [5.41, 5.74) is 2.79. The molecule has 0 bridgehead atoms. The third kappa shape index (κ3) is 4.83. The molecule has 178 valence electrons. The van der Waals surface area contributed by atoms with E-state index >= 15 is 0 Å². The Labute approximate surface area is 194 Å². The first kappa shape index (κ1) is 23.5. The number of piperazine rings is 1. The Morgan fingerprint density at radius 2 is 1.79 bits per heavy atom. The molecule has 9 nitrogen and oxygen atoms in total. The van der Waals surface area contributed by atoms with Crippen LogP contribution in [0.1, 0.15) is 25.0 Å². The molecule has 2 aliphatic heterocycles. The second-order valence-electron chi connectivity index (χ2n) is 8.30. The molecule has 2 aliphatic rings. The van der Waals surface area contributed by atoms with E-state index in [9.17, 15) is 18.5 Å². The highest BCUT2D eigenvalue weighted by molar-refractivity contribution is 7.89. The highest BCUT2D eigenvalue weighted by Crippen LogP contribution is 2.33. The molecule has 1 saturated heterocycles. The number of rotatable bonds is 8. The molecule has 1 fully saturated rings. The lowest BCUT2D eigenvalue weighted by atomic mass is 10.1. The van der Waals surface area contributed by atoms with E-state index in [4.69, 9.17) is 4.74 Å².